The summed E-state index contributed by atoms with van der Waals surface area (Å²) in [5, 5.41) is 11.2. The maximum atomic E-state index is 12.7. The van der Waals surface area contributed by atoms with Crippen molar-refractivity contribution in [2.75, 3.05) is 6.54 Å². The highest BCUT2D eigenvalue weighted by Crippen LogP contribution is 2.33. The lowest BCUT2D eigenvalue weighted by atomic mass is 10.0. The van der Waals surface area contributed by atoms with Crippen molar-refractivity contribution < 1.29 is 27.9 Å². The van der Waals surface area contributed by atoms with Gasteiger partial charge in [0, 0.05) is 13.5 Å². The average molecular weight is 287 g/mol. The highest BCUT2D eigenvalue weighted by molar-refractivity contribution is 5.90. The number of hydrogen-bond donors (Lipinski definition) is 2. The second-order valence-electron chi connectivity index (χ2n) is 3.95. The second-order valence-corrected chi connectivity index (χ2v) is 3.95. The summed E-state index contributed by atoms with van der Waals surface area (Å²) >= 11 is 0. The highest BCUT2D eigenvalue weighted by Gasteiger charge is 2.35. The van der Waals surface area contributed by atoms with Crippen LogP contribution in [0.4, 0.5) is 13.2 Å². The van der Waals surface area contributed by atoms with Gasteiger partial charge in [-0.3, -0.25) is 4.79 Å². The number of carbonyl (C=O) groups excluding carboxylic acids is 1. The summed E-state index contributed by atoms with van der Waals surface area (Å²) in [6, 6.07) is 2.93. The summed E-state index contributed by atoms with van der Waals surface area (Å²) in [6.07, 6.45) is -1.90. The summed E-state index contributed by atoms with van der Waals surface area (Å²) in [4.78, 5) is 21.4. The van der Waals surface area contributed by atoms with Crippen LogP contribution in [0, 0.1) is 0 Å². The first kappa shape index (κ1) is 15.7. The van der Waals surface area contributed by atoms with E-state index in [1.54, 1.807) is 0 Å². The van der Waals surface area contributed by atoms with E-state index < -0.39 is 23.3 Å². The van der Waals surface area contributed by atoms with E-state index in [0.717, 1.165) is 12.1 Å². The predicted molar refractivity (Wildman–Crippen MR) is 66.1 cm³/mol. The molecule has 0 unspecified atom stereocenters. The van der Waals surface area contributed by atoms with Crippen LogP contribution in [0.5, 0.6) is 0 Å². The van der Waals surface area contributed by atoms with Gasteiger partial charge >= 0.3 is 12.1 Å². The number of carboxylic acid groups (broad SMARTS) is 1. The molecule has 0 radical (unpaired) electrons. The second kappa shape index (κ2) is 6.23. The third-order valence-corrected chi connectivity index (χ3v) is 2.36. The van der Waals surface area contributed by atoms with Gasteiger partial charge in [-0.05, 0) is 17.7 Å². The highest BCUT2D eigenvalue weighted by atomic mass is 19.4. The van der Waals surface area contributed by atoms with Crippen LogP contribution in [0.3, 0.4) is 0 Å². The summed E-state index contributed by atoms with van der Waals surface area (Å²) in [5.74, 6) is -1.89. The zero-order valence-electron chi connectivity index (χ0n) is 10.5. The monoisotopic (exact) mass is 287 g/mol. The molecular weight excluding hydrogens is 275 g/mol. The molecule has 1 rings (SSSR count). The molecule has 0 heterocycles. The minimum Gasteiger partial charge on any atom is -0.478 e. The minimum atomic E-state index is -4.74. The van der Waals surface area contributed by atoms with Crippen LogP contribution in [0.2, 0.25) is 0 Å². The Hall–Kier alpha value is -2.31. The number of benzene rings is 1. The standard InChI is InChI=1S/C13H12F3NO3/c1-8(18)17-6-2-3-9-4-5-10(12(19)20)11(7-9)13(14,15)16/h2-5,7H,6H2,1H3,(H,17,18)(H,19,20). The van der Waals surface area contributed by atoms with E-state index in [9.17, 15) is 22.8 Å². The van der Waals surface area contributed by atoms with Gasteiger partial charge in [-0.25, -0.2) is 4.79 Å². The fourth-order valence-electron chi connectivity index (χ4n) is 1.48. The number of amides is 1. The van der Waals surface area contributed by atoms with Gasteiger partial charge in [-0.1, -0.05) is 18.2 Å². The van der Waals surface area contributed by atoms with Gasteiger partial charge in [-0.15, -0.1) is 0 Å². The molecule has 108 valence electrons. The molecule has 1 aromatic carbocycles. The molecule has 1 aromatic rings. The first-order valence-corrected chi connectivity index (χ1v) is 5.57. The van der Waals surface area contributed by atoms with Crippen LogP contribution in [-0.2, 0) is 11.0 Å². The Morgan fingerprint density at radius 3 is 2.50 bits per heavy atom. The number of nitrogens with one attached hydrogen (secondary N) is 1. The van der Waals surface area contributed by atoms with E-state index in [2.05, 4.69) is 5.32 Å². The van der Waals surface area contributed by atoms with Crippen LogP contribution < -0.4 is 5.32 Å². The van der Waals surface area contributed by atoms with Crippen LogP contribution in [0.25, 0.3) is 6.08 Å². The molecule has 0 saturated heterocycles. The van der Waals surface area contributed by atoms with Gasteiger partial charge in [0.25, 0.3) is 0 Å². The number of aromatic carboxylic acids is 1. The first-order chi connectivity index (χ1) is 9.21. The van der Waals surface area contributed by atoms with E-state index >= 15 is 0 Å². The SMILES string of the molecule is CC(=O)NCC=Cc1ccc(C(=O)O)c(C(F)(F)F)c1. The fraction of sp³-hybridized carbons (Fsp3) is 0.231. The van der Waals surface area contributed by atoms with Gasteiger partial charge in [0.15, 0.2) is 0 Å². The molecule has 0 saturated carbocycles. The molecule has 0 atom stereocenters. The Bertz CT molecular complexity index is 550. The first-order valence-electron chi connectivity index (χ1n) is 5.57. The molecule has 20 heavy (non-hydrogen) atoms. The van der Waals surface area contributed by atoms with Crippen molar-refractivity contribution in [3.63, 3.8) is 0 Å². The topological polar surface area (TPSA) is 66.4 Å². The Balaban J connectivity index is 3.01. The third-order valence-electron chi connectivity index (χ3n) is 2.36. The molecule has 7 heteroatoms. The molecular formula is C13H12F3NO3. The zero-order chi connectivity index (χ0) is 15.3. The van der Waals surface area contributed by atoms with Gasteiger partial charge in [-0.2, -0.15) is 13.2 Å². The zero-order valence-corrected chi connectivity index (χ0v) is 10.5. The van der Waals surface area contributed by atoms with Crippen LogP contribution in [0.15, 0.2) is 24.3 Å². The van der Waals surface area contributed by atoms with E-state index in [1.807, 2.05) is 0 Å². The van der Waals surface area contributed by atoms with Crippen molar-refractivity contribution in [3.8, 4) is 0 Å². The molecule has 4 nitrogen and oxygen atoms in total. The Kier molecular flexibility index (Phi) is 4.90. The molecule has 0 bridgehead atoms. The number of alkyl halides is 3. The van der Waals surface area contributed by atoms with Crippen molar-refractivity contribution in [1.82, 2.24) is 5.32 Å². The van der Waals surface area contributed by atoms with E-state index in [0.29, 0.717) is 0 Å². The fourth-order valence-corrected chi connectivity index (χ4v) is 1.48. The van der Waals surface area contributed by atoms with Crippen LogP contribution in [0.1, 0.15) is 28.4 Å². The Morgan fingerprint density at radius 1 is 1.35 bits per heavy atom. The smallest absolute Gasteiger partial charge is 0.417 e. The van der Waals surface area contributed by atoms with Crippen molar-refractivity contribution >= 4 is 18.0 Å². The van der Waals surface area contributed by atoms with Crippen molar-refractivity contribution in [3.05, 3.63) is 41.0 Å². The Labute approximate surface area is 112 Å². The third kappa shape index (κ3) is 4.42. The molecule has 0 aliphatic carbocycles. The maximum Gasteiger partial charge on any atom is 0.417 e. The number of carboxylic acids is 1. The van der Waals surface area contributed by atoms with Crippen molar-refractivity contribution in [1.29, 1.82) is 0 Å². The summed E-state index contributed by atoms with van der Waals surface area (Å²) in [6.45, 7) is 1.49. The average Bonchev–Trinajstić information content (AvgIpc) is 2.33. The van der Waals surface area contributed by atoms with E-state index in [-0.39, 0.29) is 18.0 Å². The van der Waals surface area contributed by atoms with Crippen LogP contribution in [-0.4, -0.2) is 23.5 Å². The number of rotatable bonds is 4. The lowest BCUT2D eigenvalue weighted by molar-refractivity contribution is -0.138. The summed E-state index contributed by atoms with van der Waals surface area (Å²) in [7, 11) is 0. The Morgan fingerprint density at radius 2 is 2.00 bits per heavy atom. The number of hydrogen-bond acceptors (Lipinski definition) is 2. The van der Waals surface area contributed by atoms with Gasteiger partial charge in [0.2, 0.25) is 5.91 Å². The van der Waals surface area contributed by atoms with Crippen molar-refractivity contribution in [2.45, 2.75) is 13.1 Å². The molecule has 0 aliphatic heterocycles. The molecule has 2 N–H and O–H groups in total. The maximum absolute atomic E-state index is 12.7. The number of carbonyl (C=O) groups is 2. The van der Waals surface area contributed by atoms with E-state index in [4.69, 9.17) is 5.11 Å². The lowest BCUT2D eigenvalue weighted by Gasteiger charge is -2.10. The quantitative estimate of drug-likeness (QED) is 0.894. The molecule has 0 spiro atoms. The molecule has 0 fully saturated rings. The normalized spacial score (nSPS) is 11.6. The predicted octanol–water partition coefficient (Wildman–Crippen LogP) is 2.55. The molecule has 0 aliphatic rings. The minimum absolute atomic E-state index is 0.178. The largest absolute Gasteiger partial charge is 0.478 e. The number of halogens is 3. The summed E-state index contributed by atoms with van der Waals surface area (Å²) < 4.78 is 38.2. The van der Waals surface area contributed by atoms with Gasteiger partial charge in [0.1, 0.15) is 0 Å². The van der Waals surface area contributed by atoms with Crippen molar-refractivity contribution in [2.24, 2.45) is 0 Å². The molecule has 0 aromatic heterocycles. The summed E-state index contributed by atoms with van der Waals surface area (Å²) in [5.41, 5.74) is -1.80. The lowest BCUT2D eigenvalue weighted by Crippen LogP contribution is -2.19. The van der Waals surface area contributed by atoms with Gasteiger partial charge in [0.05, 0.1) is 11.1 Å². The van der Waals surface area contributed by atoms with E-state index in [1.165, 1.54) is 25.1 Å². The van der Waals surface area contributed by atoms with Crippen LogP contribution >= 0.6 is 0 Å². The molecule has 1 amide bonds. The van der Waals surface area contributed by atoms with Gasteiger partial charge < -0.3 is 10.4 Å².